The Morgan fingerprint density at radius 3 is 1.87 bits per heavy atom. The second-order valence-electron chi connectivity index (χ2n) is 8.59. The van der Waals surface area contributed by atoms with Gasteiger partial charge in [0, 0.05) is 39.3 Å². The first kappa shape index (κ1) is 21.0. The summed E-state index contributed by atoms with van der Waals surface area (Å²) in [6.07, 6.45) is 0.235. The maximum atomic E-state index is 12.8. The number of carbonyl (C=O) groups is 1. The highest BCUT2D eigenvalue weighted by atomic mass is 16.5. The molecule has 2 aliphatic heterocycles. The third-order valence-corrected chi connectivity index (χ3v) is 6.13. The van der Waals surface area contributed by atoms with E-state index in [1.807, 2.05) is 18.7 Å². The summed E-state index contributed by atoms with van der Waals surface area (Å²) >= 11 is 0. The van der Waals surface area contributed by atoms with Crippen molar-refractivity contribution in [3.05, 3.63) is 71.8 Å². The zero-order valence-corrected chi connectivity index (χ0v) is 18.1. The van der Waals surface area contributed by atoms with Gasteiger partial charge < -0.3 is 9.64 Å². The Kier molecular flexibility index (Phi) is 6.82. The third-order valence-electron chi connectivity index (χ3n) is 6.13. The predicted molar refractivity (Wildman–Crippen MR) is 119 cm³/mol. The summed E-state index contributed by atoms with van der Waals surface area (Å²) in [6, 6.07) is 21.7. The van der Waals surface area contributed by atoms with E-state index in [-0.39, 0.29) is 24.2 Å². The molecule has 5 heteroatoms. The summed E-state index contributed by atoms with van der Waals surface area (Å²) in [6.45, 7) is 9.74. The molecule has 30 heavy (non-hydrogen) atoms. The van der Waals surface area contributed by atoms with Crippen molar-refractivity contribution >= 4 is 5.91 Å². The van der Waals surface area contributed by atoms with Crippen molar-refractivity contribution in [3.8, 4) is 0 Å². The van der Waals surface area contributed by atoms with Crippen LogP contribution >= 0.6 is 0 Å². The molecule has 2 fully saturated rings. The van der Waals surface area contributed by atoms with E-state index in [0.29, 0.717) is 19.6 Å². The number of morpholine rings is 1. The number of nitrogens with zero attached hydrogens (tertiary/aromatic N) is 3. The zero-order chi connectivity index (χ0) is 20.9. The molecule has 2 heterocycles. The largest absolute Gasteiger partial charge is 0.372 e. The van der Waals surface area contributed by atoms with Gasteiger partial charge in [0.1, 0.15) is 0 Å². The van der Waals surface area contributed by atoms with Crippen molar-refractivity contribution in [2.24, 2.45) is 0 Å². The van der Waals surface area contributed by atoms with Crippen LogP contribution in [0.3, 0.4) is 0 Å². The lowest BCUT2D eigenvalue weighted by molar-refractivity contribution is -0.144. The van der Waals surface area contributed by atoms with Gasteiger partial charge in [-0.05, 0) is 25.0 Å². The lowest BCUT2D eigenvalue weighted by Crippen LogP contribution is -2.54. The molecule has 0 spiro atoms. The SMILES string of the molecule is C[C@H]1CN(C(=O)CN2CCN(C(c3ccccc3)c3ccccc3)CC2)C[C@H](C)O1. The molecular formula is C25H33N3O2. The van der Waals surface area contributed by atoms with Crippen molar-refractivity contribution in [2.75, 3.05) is 45.8 Å². The van der Waals surface area contributed by atoms with Crippen LogP contribution in [-0.4, -0.2) is 78.6 Å². The number of ether oxygens (including phenoxy) is 1. The molecule has 0 bridgehead atoms. The molecule has 4 rings (SSSR count). The maximum Gasteiger partial charge on any atom is 0.236 e. The van der Waals surface area contributed by atoms with E-state index in [4.69, 9.17) is 4.74 Å². The molecule has 0 aliphatic carbocycles. The minimum Gasteiger partial charge on any atom is -0.372 e. The summed E-state index contributed by atoms with van der Waals surface area (Å²) < 4.78 is 5.77. The van der Waals surface area contributed by atoms with Crippen LogP contribution in [0.5, 0.6) is 0 Å². The van der Waals surface area contributed by atoms with Gasteiger partial charge in [-0.15, -0.1) is 0 Å². The lowest BCUT2D eigenvalue weighted by Gasteiger charge is -2.41. The van der Waals surface area contributed by atoms with Crippen molar-refractivity contribution in [3.63, 3.8) is 0 Å². The van der Waals surface area contributed by atoms with E-state index in [2.05, 4.69) is 70.5 Å². The van der Waals surface area contributed by atoms with Crippen LogP contribution in [0, 0.1) is 0 Å². The molecule has 0 N–H and O–H groups in total. The van der Waals surface area contributed by atoms with Crippen LogP contribution in [0.25, 0.3) is 0 Å². The van der Waals surface area contributed by atoms with Gasteiger partial charge in [0.05, 0.1) is 24.8 Å². The molecular weight excluding hydrogens is 374 g/mol. The van der Waals surface area contributed by atoms with E-state index in [0.717, 1.165) is 26.2 Å². The van der Waals surface area contributed by atoms with Crippen LogP contribution in [0.2, 0.25) is 0 Å². The number of hydrogen-bond acceptors (Lipinski definition) is 4. The first-order chi connectivity index (χ1) is 14.6. The van der Waals surface area contributed by atoms with Crippen molar-refractivity contribution in [1.29, 1.82) is 0 Å². The fourth-order valence-corrected chi connectivity index (χ4v) is 4.74. The van der Waals surface area contributed by atoms with E-state index >= 15 is 0 Å². The number of benzene rings is 2. The number of carbonyl (C=O) groups excluding carboxylic acids is 1. The predicted octanol–water partition coefficient (Wildman–Crippen LogP) is 3.03. The first-order valence-electron chi connectivity index (χ1n) is 11.1. The fourth-order valence-electron chi connectivity index (χ4n) is 4.74. The highest BCUT2D eigenvalue weighted by Gasteiger charge is 2.30. The van der Waals surface area contributed by atoms with E-state index in [1.54, 1.807) is 0 Å². The molecule has 0 unspecified atom stereocenters. The zero-order valence-electron chi connectivity index (χ0n) is 18.1. The number of piperazine rings is 1. The van der Waals surface area contributed by atoms with Gasteiger partial charge >= 0.3 is 0 Å². The quantitative estimate of drug-likeness (QED) is 0.763. The third kappa shape index (κ3) is 5.09. The van der Waals surface area contributed by atoms with Crippen molar-refractivity contribution in [1.82, 2.24) is 14.7 Å². The van der Waals surface area contributed by atoms with Gasteiger partial charge in [-0.3, -0.25) is 14.6 Å². The summed E-state index contributed by atoms with van der Waals surface area (Å²) in [4.78, 5) is 19.7. The van der Waals surface area contributed by atoms with Crippen LogP contribution in [0.15, 0.2) is 60.7 Å². The normalized spacial score (nSPS) is 23.6. The molecule has 2 atom stereocenters. The standard InChI is InChI=1S/C25H33N3O2/c1-20-17-28(18-21(2)30-20)24(29)19-26-13-15-27(16-14-26)25(22-9-5-3-6-10-22)23-11-7-4-8-12-23/h3-12,20-21,25H,13-19H2,1-2H3/t20-,21-/m0/s1. The highest BCUT2D eigenvalue weighted by Crippen LogP contribution is 2.29. The molecule has 0 aromatic heterocycles. The highest BCUT2D eigenvalue weighted by molar-refractivity contribution is 5.78. The van der Waals surface area contributed by atoms with Gasteiger partial charge in [0.15, 0.2) is 0 Å². The second-order valence-corrected chi connectivity index (χ2v) is 8.59. The fraction of sp³-hybridized carbons (Fsp3) is 0.480. The number of amides is 1. The van der Waals surface area contributed by atoms with Crippen LogP contribution in [0.4, 0.5) is 0 Å². The molecule has 5 nitrogen and oxygen atoms in total. The number of hydrogen-bond donors (Lipinski definition) is 0. The molecule has 2 saturated heterocycles. The topological polar surface area (TPSA) is 36.0 Å². The Bertz CT molecular complexity index is 756. The van der Waals surface area contributed by atoms with Crippen LogP contribution in [-0.2, 0) is 9.53 Å². The van der Waals surface area contributed by atoms with E-state index in [9.17, 15) is 4.79 Å². The molecule has 0 radical (unpaired) electrons. The van der Waals surface area contributed by atoms with Crippen molar-refractivity contribution in [2.45, 2.75) is 32.1 Å². The average Bonchev–Trinajstić information content (AvgIpc) is 2.76. The summed E-state index contributed by atoms with van der Waals surface area (Å²) in [7, 11) is 0. The summed E-state index contributed by atoms with van der Waals surface area (Å²) in [5.41, 5.74) is 2.65. The van der Waals surface area contributed by atoms with E-state index < -0.39 is 0 Å². The average molecular weight is 408 g/mol. The Morgan fingerprint density at radius 1 is 0.867 bits per heavy atom. The Labute approximate surface area is 180 Å². The molecule has 160 valence electrons. The minimum atomic E-state index is 0.118. The minimum absolute atomic E-state index is 0.118. The van der Waals surface area contributed by atoms with Crippen LogP contribution in [0.1, 0.15) is 31.0 Å². The molecule has 0 saturated carbocycles. The monoisotopic (exact) mass is 407 g/mol. The Balaban J connectivity index is 1.38. The second kappa shape index (κ2) is 9.73. The summed E-state index contributed by atoms with van der Waals surface area (Å²) in [5.74, 6) is 0.230. The van der Waals surface area contributed by atoms with Gasteiger partial charge in [0.25, 0.3) is 0 Å². The molecule has 2 aromatic carbocycles. The Morgan fingerprint density at radius 2 is 1.37 bits per heavy atom. The smallest absolute Gasteiger partial charge is 0.236 e. The van der Waals surface area contributed by atoms with Gasteiger partial charge in [-0.1, -0.05) is 60.7 Å². The van der Waals surface area contributed by atoms with Gasteiger partial charge in [0.2, 0.25) is 5.91 Å². The number of rotatable bonds is 5. The van der Waals surface area contributed by atoms with Gasteiger partial charge in [-0.25, -0.2) is 0 Å². The molecule has 1 amide bonds. The van der Waals surface area contributed by atoms with Crippen LogP contribution < -0.4 is 0 Å². The molecule has 2 aromatic rings. The lowest BCUT2D eigenvalue weighted by atomic mass is 9.96. The Hall–Kier alpha value is -2.21. The van der Waals surface area contributed by atoms with Gasteiger partial charge in [-0.2, -0.15) is 0 Å². The van der Waals surface area contributed by atoms with E-state index in [1.165, 1.54) is 11.1 Å². The summed E-state index contributed by atoms with van der Waals surface area (Å²) in [5, 5.41) is 0. The molecule has 2 aliphatic rings. The van der Waals surface area contributed by atoms with Crippen molar-refractivity contribution < 1.29 is 9.53 Å². The maximum absolute atomic E-state index is 12.8. The first-order valence-corrected chi connectivity index (χ1v) is 11.1.